The van der Waals surface area contributed by atoms with Gasteiger partial charge in [-0.25, -0.2) is 4.98 Å². The van der Waals surface area contributed by atoms with Crippen LogP contribution in [0.4, 0.5) is 0 Å². The number of rotatable bonds is 5. The van der Waals surface area contributed by atoms with Crippen LogP contribution in [0.1, 0.15) is 41.3 Å². The summed E-state index contributed by atoms with van der Waals surface area (Å²) in [5.41, 5.74) is 1.51. The van der Waals surface area contributed by atoms with Crippen molar-refractivity contribution in [3.63, 3.8) is 0 Å². The van der Waals surface area contributed by atoms with E-state index >= 15 is 0 Å². The van der Waals surface area contributed by atoms with Crippen molar-refractivity contribution in [3.05, 3.63) is 56.8 Å². The molecule has 0 spiro atoms. The van der Waals surface area contributed by atoms with Gasteiger partial charge in [-0.15, -0.1) is 11.3 Å². The molecule has 0 atom stereocenters. The molecule has 0 bridgehead atoms. The predicted molar refractivity (Wildman–Crippen MR) is 92.8 cm³/mol. The van der Waals surface area contributed by atoms with Gasteiger partial charge < -0.3 is 9.15 Å². The molecule has 0 unspecified atom stereocenters. The van der Waals surface area contributed by atoms with Gasteiger partial charge in [0.05, 0.1) is 18.4 Å². The van der Waals surface area contributed by atoms with Crippen LogP contribution in [0, 0.1) is 0 Å². The number of furan rings is 1. The molecule has 0 N–H and O–H groups in total. The molecule has 0 saturated carbocycles. The Hall–Kier alpha value is -2.41. The average Bonchev–Trinajstić information content (AvgIpc) is 3.25. The lowest BCUT2D eigenvalue weighted by molar-refractivity contribution is -0.145. The molecule has 25 heavy (non-hydrogen) atoms. The number of nitrogens with zero attached hydrogens (tertiary/aromatic N) is 2. The zero-order chi connectivity index (χ0) is 17.2. The van der Waals surface area contributed by atoms with Crippen LogP contribution < -0.4 is 5.56 Å². The molecular weight excluding hydrogens is 340 g/mol. The summed E-state index contributed by atoms with van der Waals surface area (Å²) in [6.07, 6.45) is 6.53. The molecule has 3 aromatic heterocycles. The highest BCUT2D eigenvalue weighted by Crippen LogP contribution is 2.28. The van der Waals surface area contributed by atoms with Gasteiger partial charge in [0.1, 0.15) is 12.4 Å². The summed E-state index contributed by atoms with van der Waals surface area (Å²) in [4.78, 5) is 30.7. The molecule has 3 heterocycles. The van der Waals surface area contributed by atoms with Gasteiger partial charge in [-0.1, -0.05) is 0 Å². The number of fused-ring (bicyclic) bond motifs is 3. The lowest BCUT2D eigenvalue weighted by Gasteiger charge is -2.10. The van der Waals surface area contributed by atoms with Gasteiger partial charge in [-0.05, 0) is 37.8 Å². The Balaban J connectivity index is 1.45. The summed E-state index contributed by atoms with van der Waals surface area (Å²) in [5, 5.41) is 0. The van der Waals surface area contributed by atoms with Crippen molar-refractivity contribution < 1.29 is 13.9 Å². The van der Waals surface area contributed by atoms with E-state index in [0.717, 1.165) is 37.1 Å². The zero-order valence-electron chi connectivity index (χ0n) is 13.7. The van der Waals surface area contributed by atoms with Crippen molar-refractivity contribution >= 4 is 22.3 Å². The number of carbonyl (C=O) groups excluding carboxylic acids is 1. The Morgan fingerprint density at radius 3 is 3.08 bits per heavy atom. The third-order valence-corrected chi connectivity index (χ3v) is 5.49. The van der Waals surface area contributed by atoms with Gasteiger partial charge in [0.15, 0.2) is 4.96 Å². The highest BCUT2D eigenvalue weighted by Gasteiger charge is 2.18. The Labute approximate surface area is 148 Å². The summed E-state index contributed by atoms with van der Waals surface area (Å²) in [6.45, 7) is 0.0191. The monoisotopic (exact) mass is 358 g/mol. The van der Waals surface area contributed by atoms with E-state index in [9.17, 15) is 9.59 Å². The van der Waals surface area contributed by atoms with Crippen LogP contribution in [-0.2, 0) is 35.4 Å². The van der Waals surface area contributed by atoms with Crippen molar-refractivity contribution in [1.29, 1.82) is 0 Å². The second kappa shape index (κ2) is 6.84. The Kier molecular flexibility index (Phi) is 4.40. The lowest BCUT2D eigenvalue weighted by atomic mass is 10.0. The molecule has 0 saturated heterocycles. The third-order valence-electron chi connectivity index (χ3n) is 4.35. The standard InChI is InChI=1S/C18H18N2O4S/c21-16-10-12(11-24-17(22)8-7-13-4-3-9-23-13)19-18-20(16)14-5-1-2-6-15(14)25-18/h3-4,9-10H,1-2,5-8,11H2. The van der Waals surface area contributed by atoms with Gasteiger partial charge in [0.2, 0.25) is 0 Å². The van der Waals surface area contributed by atoms with E-state index in [2.05, 4.69) is 4.98 Å². The molecule has 0 amide bonds. The number of ether oxygens (including phenoxy) is 1. The predicted octanol–water partition coefficient (Wildman–Crippen LogP) is 2.90. The highest BCUT2D eigenvalue weighted by molar-refractivity contribution is 7.17. The highest BCUT2D eigenvalue weighted by atomic mass is 32.1. The fourth-order valence-electron chi connectivity index (χ4n) is 3.12. The summed E-state index contributed by atoms with van der Waals surface area (Å²) in [7, 11) is 0. The molecule has 7 heteroatoms. The second-order valence-corrected chi connectivity index (χ2v) is 7.18. The van der Waals surface area contributed by atoms with E-state index in [1.54, 1.807) is 28.1 Å². The Bertz CT molecular complexity index is 956. The van der Waals surface area contributed by atoms with E-state index in [1.165, 1.54) is 10.9 Å². The maximum atomic E-state index is 12.4. The van der Waals surface area contributed by atoms with Crippen molar-refractivity contribution in [2.75, 3.05) is 0 Å². The van der Waals surface area contributed by atoms with Gasteiger partial charge in [-0.2, -0.15) is 0 Å². The number of aryl methyl sites for hydroxylation is 3. The molecule has 6 nitrogen and oxygen atoms in total. The minimum Gasteiger partial charge on any atom is -0.469 e. The molecule has 0 radical (unpaired) electrons. The first-order valence-electron chi connectivity index (χ1n) is 8.42. The first-order valence-corrected chi connectivity index (χ1v) is 9.23. The van der Waals surface area contributed by atoms with Crippen molar-refractivity contribution in [3.8, 4) is 0 Å². The number of esters is 1. The van der Waals surface area contributed by atoms with E-state index in [-0.39, 0.29) is 24.6 Å². The average molecular weight is 358 g/mol. The molecule has 1 aliphatic rings. The molecule has 1 aliphatic carbocycles. The third kappa shape index (κ3) is 3.37. The lowest BCUT2D eigenvalue weighted by Crippen LogP contribution is -2.18. The van der Waals surface area contributed by atoms with Crippen LogP contribution >= 0.6 is 11.3 Å². The van der Waals surface area contributed by atoms with Crippen LogP contribution in [0.2, 0.25) is 0 Å². The van der Waals surface area contributed by atoms with Gasteiger partial charge in [-0.3, -0.25) is 14.0 Å². The van der Waals surface area contributed by atoms with Crippen LogP contribution in [0.25, 0.3) is 4.96 Å². The fraction of sp³-hybridized carbons (Fsp3) is 0.389. The summed E-state index contributed by atoms with van der Waals surface area (Å²) < 4.78 is 12.1. The topological polar surface area (TPSA) is 73.8 Å². The normalized spacial score (nSPS) is 13.8. The summed E-state index contributed by atoms with van der Waals surface area (Å²) in [6, 6.07) is 5.07. The first-order chi connectivity index (χ1) is 12.2. The number of thiazole rings is 1. The molecule has 4 rings (SSSR count). The number of hydrogen-bond acceptors (Lipinski definition) is 6. The van der Waals surface area contributed by atoms with E-state index in [1.807, 2.05) is 6.07 Å². The van der Waals surface area contributed by atoms with Gasteiger partial charge in [0, 0.05) is 23.1 Å². The minimum absolute atomic E-state index is 0.0191. The maximum Gasteiger partial charge on any atom is 0.306 e. The molecule has 130 valence electrons. The molecule has 3 aromatic rings. The molecule has 0 aliphatic heterocycles. The quantitative estimate of drug-likeness (QED) is 0.656. The van der Waals surface area contributed by atoms with E-state index < -0.39 is 0 Å². The number of carbonyl (C=O) groups is 1. The fourth-order valence-corrected chi connectivity index (χ4v) is 4.35. The smallest absolute Gasteiger partial charge is 0.306 e. The number of hydrogen-bond donors (Lipinski definition) is 0. The first kappa shape index (κ1) is 16.1. The SMILES string of the molecule is O=C(CCc1ccco1)OCc1cc(=O)n2c3c(sc2n1)CCCC3. The van der Waals surface area contributed by atoms with E-state index in [4.69, 9.17) is 9.15 Å². The van der Waals surface area contributed by atoms with Crippen molar-refractivity contribution in [2.24, 2.45) is 0 Å². The molecule has 0 aromatic carbocycles. The molecule has 0 fully saturated rings. The zero-order valence-corrected chi connectivity index (χ0v) is 14.5. The van der Waals surface area contributed by atoms with Crippen molar-refractivity contribution in [1.82, 2.24) is 9.38 Å². The summed E-state index contributed by atoms with van der Waals surface area (Å²) in [5.74, 6) is 0.419. The van der Waals surface area contributed by atoms with E-state index in [0.29, 0.717) is 17.1 Å². The summed E-state index contributed by atoms with van der Waals surface area (Å²) >= 11 is 1.57. The Morgan fingerprint density at radius 2 is 2.24 bits per heavy atom. The van der Waals surface area contributed by atoms with Gasteiger partial charge in [0.25, 0.3) is 5.56 Å². The minimum atomic E-state index is -0.330. The van der Waals surface area contributed by atoms with Gasteiger partial charge >= 0.3 is 5.97 Å². The maximum absolute atomic E-state index is 12.4. The van der Waals surface area contributed by atoms with Crippen LogP contribution in [0.15, 0.2) is 33.7 Å². The Morgan fingerprint density at radius 1 is 1.36 bits per heavy atom. The number of aromatic nitrogens is 2. The van der Waals surface area contributed by atoms with Crippen LogP contribution in [0.3, 0.4) is 0 Å². The van der Waals surface area contributed by atoms with Crippen LogP contribution in [-0.4, -0.2) is 15.4 Å². The second-order valence-electron chi connectivity index (χ2n) is 6.12. The largest absolute Gasteiger partial charge is 0.469 e. The van der Waals surface area contributed by atoms with Crippen molar-refractivity contribution in [2.45, 2.75) is 45.1 Å². The molecular formula is C18H18N2O4S. The van der Waals surface area contributed by atoms with Crippen LogP contribution in [0.5, 0.6) is 0 Å².